The molecule has 2 aromatic heterocycles. The van der Waals surface area contributed by atoms with Gasteiger partial charge in [0.2, 0.25) is 0 Å². The van der Waals surface area contributed by atoms with Crippen molar-refractivity contribution in [2.24, 2.45) is 0 Å². The number of halogens is 1. The van der Waals surface area contributed by atoms with Crippen molar-refractivity contribution in [3.8, 4) is 11.1 Å². The van der Waals surface area contributed by atoms with E-state index in [-0.39, 0.29) is 0 Å². The molecule has 1 saturated heterocycles. The molecule has 0 radical (unpaired) electrons. The average Bonchev–Trinajstić information content (AvgIpc) is 3.13. The number of aromatic nitrogens is 3. The molecule has 0 bridgehead atoms. The number of anilines is 1. The second-order valence-corrected chi connectivity index (χ2v) is 6.56. The maximum Gasteiger partial charge on any atom is 0.146 e. The van der Waals surface area contributed by atoms with Crippen molar-refractivity contribution < 1.29 is 0 Å². The number of hydrogen-bond acceptors (Lipinski definition) is 4. The molecule has 4 rings (SSSR count). The molecule has 0 aliphatic carbocycles. The summed E-state index contributed by atoms with van der Waals surface area (Å²) in [5.41, 5.74) is 9.20. The lowest BCUT2D eigenvalue weighted by Crippen LogP contribution is -2.16. The van der Waals surface area contributed by atoms with Crippen LogP contribution in [-0.2, 0) is 0 Å². The number of nitrogen functional groups attached to an aromatic ring is 1. The molecule has 1 aromatic carbocycles. The van der Waals surface area contributed by atoms with Crippen molar-refractivity contribution in [2.45, 2.75) is 12.5 Å². The molecule has 23 heavy (non-hydrogen) atoms. The number of rotatable bonds is 2. The molecule has 6 heteroatoms. The van der Waals surface area contributed by atoms with E-state index in [1.807, 2.05) is 24.3 Å². The van der Waals surface area contributed by atoms with Crippen LogP contribution >= 0.6 is 11.6 Å². The summed E-state index contributed by atoms with van der Waals surface area (Å²) in [5.74, 6) is 0.519. The van der Waals surface area contributed by atoms with Gasteiger partial charge in [0.15, 0.2) is 0 Å². The number of fused-ring (bicyclic) bond motifs is 1. The van der Waals surface area contributed by atoms with Gasteiger partial charge >= 0.3 is 0 Å². The van der Waals surface area contributed by atoms with Crippen molar-refractivity contribution in [2.75, 3.05) is 25.9 Å². The Morgan fingerprint density at radius 2 is 2.00 bits per heavy atom. The van der Waals surface area contributed by atoms with E-state index < -0.39 is 0 Å². The highest BCUT2D eigenvalue weighted by Crippen LogP contribution is 2.36. The van der Waals surface area contributed by atoms with Gasteiger partial charge < -0.3 is 15.2 Å². The summed E-state index contributed by atoms with van der Waals surface area (Å²) >= 11 is 6.01. The molecule has 0 spiro atoms. The Morgan fingerprint density at radius 1 is 1.22 bits per heavy atom. The lowest BCUT2D eigenvalue weighted by Gasteiger charge is -2.13. The third kappa shape index (κ3) is 2.46. The third-order valence-electron chi connectivity index (χ3n) is 4.55. The van der Waals surface area contributed by atoms with Crippen molar-refractivity contribution in [3.63, 3.8) is 0 Å². The van der Waals surface area contributed by atoms with Gasteiger partial charge in [-0.25, -0.2) is 9.97 Å². The van der Waals surface area contributed by atoms with Crippen LogP contribution in [0.3, 0.4) is 0 Å². The molecule has 5 nitrogen and oxygen atoms in total. The molecule has 1 atom stereocenters. The average molecular weight is 328 g/mol. The zero-order chi connectivity index (χ0) is 16.0. The fourth-order valence-electron chi connectivity index (χ4n) is 3.37. The van der Waals surface area contributed by atoms with Crippen LogP contribution in [0.2, 0.25) is 5.02 Å². The Hall–Kier alpha value is -2.11. The molecular weight excluding hydrogens is 310 g/mol. The van der Waals surface area contributed by atoms with Crippen LogP contribution in [0, 0.1) is 0 Å². The van der Waals surface area contributed by atoms with Crippen molar-refractivity contribution in [3.05, 3.63) is 41.8 Å². The van der Waals surface area contributed by atoms with Crippen LogP contribution in [0.4, 0.5) is 5.82 Å². The van der Waals surface area contributed by atoms with Crippen LogP contribution < -0.4 is 5.73 Å². The van der Waals surface area contributed by atoms with Crippen LogP contribution in [0.5, 0.6) is 0 Å². The van der Waals surface area contributed by atoms with E-state index >= 15 is 0 Å². The molecule has 1 aliphatic heterocycles. The van der Waals surface area contributed by atoms with Gasteiger partial charge in [-0.05, 0) is 37.7 Å². The number of hydrogen-bond donors (Lipinski definition) is 1. The molecule has 0 unspecified atom stereocenters. The topological polar surface area (TPSA) is 60.0 Å². The van der Waals surface area contributed by atoms with Gasteiger partial charge in [0.25, 0.3) is 0 Å². The molecule has 0 amide bonds. The fourth-order valence-corrected chi connectivity index (χ4v) is 3.50. The zero-order valence-electron chi connectivity index (χ0n) is 12.9. The van der Waals surface area contributed by atoms with Crippen LogP contribution in [0.15, 0.2) is 36.8 Å². The first-order chi connectivity index (χ1) is 11.1. The predicted octanol–water partition coefficient (Wildman–Crippen LogP) is 3.21. The summed E-state index contributed by atoms with van der Waals surface area (Å²) < 4.78 is 2.25. The second kappa shape index (κ2) is 5.51. The maximum atomic E-state index is 6.16. The van der Waals surface area contributed by atoms with Crippen LogP contribution in [0.25, 0.3) is 22.2 Å². The van der Waals surface area contributed by atoms with E-state index in [0.29, 0.717) is 11.9 Å². The van der Waals surface area contributed by atoms with Gasteiger partial charge in [0.05, 0.1) is 5.39 Å². The number of likely N-dealkylation sites (tertiary alicyclic amines) is 1. The van der Waals surface area contributed by atoms with Gasteiger partial charge in [0, 0.05) is 29.4 Å². The van der Waals surface area contributed by atoms with E-state index in [2.05, 4.69) is 32.7 Å². The van der Waals surface area contributed by atoms with Gasteiger partial charge in [-0.1, -0.05) is 23.7 Å². The number of nitrogens with two attached hydrogens (primary N) is 1. The van der Waals surface area contributed by atoms with E-state index in [4.69, 9.17) is 17.3 Å². The number of benzene rings is 1. The summed E-state index contributed by atoms with van der Waals surface area (Å²) in [7, 11) is 2.15. The molecule has 1 aliphatic rings. The summed E-state index contributed by atoms with van der Waals surface area (Å²) in [6.07, 6.45) is 4.81. The minimum atomic E-state index is 0.415. The normalized spacial score (nSPS) is 18.8. The largest absolute Gasteiger partial charge is 0.383 e. The standard InChI is InChI=1S/C17H18ClN5/c1-22-7-6-13(8-22)23-9-14(11-2-4-12(18)5-3-11)15-16(19)20-10-21-17(15)23/h2-5,9-10,13H,6-8H2,1H3,(H2,19,20,21)/t13-/m1/s1. The summed E-state index contributed by atoms with van der Waals surface area (Å²) in [6, 6.07) is 8.22. The Kier molecular flexibility index (Phi) is 3.47. The Morgan fingerprint density at radius 3 is 2.70 bits per heavy atom. The molecule has 118 valence electrons. The van der Waals surface area contributed by atoms with Crippen LogP contribution in [-0.4, -0.2) is 39.6 Å². The Balaban J connectivity index is 1.92. The first-order valence-electron chi connectivity index (χ1n) is 7.69. The smallest absolute Gasteiger partial charge is 0.146 e. The van der Waals surface area contributed by atoms with E-state index in [1.54, 1.807) is 6.33 Å². The first kappa shape index (κ1) is 14.5. The highest BCUT2D eigenvalue weighted by atomic mass is 35.5. The lowest BCUT2D eigenvalue weighted by molar-refractivity contribution is 0.395. The van der Waals surface area contributed by atoms with Crippen molar-refractivity contribution >= 4 is 28.5 Å². The summed E-state index contributed by atoms with van der Waals surface area (Å²) in [4.78, 5) is 11.0. The predicted molar refractivity (Wildman–Crippen MR) is 93.5 cm³/mol. The zero-order valence-corrected chi connectivity index (χ0v) is 13.7. The van der Waals surface area contributed by atoms with E-state index in [1.165, 1.54) is 0 Å². The van der Waals surface area contributed by atoms with Gasteiger partial charge in [0.1, 0.15) is 17.8 Å². The van der Waals surface area contributed by atoms with E-state index in [0.717, 1.165) is 46.7 Å². The number of nitrogens with zero attached hydrogens (tertiary/aromatic N) is 4. The highest BCUT2D eigenvalue weighted by Gasteiger charge is 2.25. The van der Waals surface area contributed by atoms with Gasteiger partial charge in [-0.15, -0.1) is 0 Å². The number of likely N-dealkylation sites (N-methyl/N-ethyl adjacent to an activating group) is 1. The Labute approximate surface area is 139 Å². The first-order valence-corrected chi connectivity index (χ1v) is 8.07. The second-order valence-electron chi connectivity index (χ2n) is 6.12. The lowest BCUT2D eigenvalue weighted by atomic mass is 10.1. The minimum absolute atomic E-state index is 0.415. The molecule has 2 N–H and O–H groups in total. The third-order valence-corrected chi connectivity index (χ3v) is 4.81. The van der Waals surface area contributed by atoms with E-state index in [9.17, 15) is 0 Å². The SMILES string of the molecule is CN1CC[C@@H](n2cc(-c3ccc(Cl)cc3)c3c(N)ncnc32)C1. The van der Waals surface area contributed by atoms with Crippen molar-refractivity contribution in [1.29, 1.82) is 0 Å². The fraction of sp³-hybridized carbons (Fsp3) is 0.294. The molecule has 0 saturated carbocycles. The van der Waals surface area contributed by atoms with Crippen molar-refractivity contribution in [1.82, 2.24) is 19.4 Å². The quantitative estimate of drug-likeness (QED) is 0.785. The summed E-state index contributed by atoms with van der Waals surface area (Å²) in [6.45, 7) is 2.12. The monoisotopic (exact) mass is 327 g/mol. The van der Waals surface area contributed by atoms with Crippen LogP contribution in [0.1, 0.15) is 12.5 Å². The summed E-state index contributed by atoms with van der Waals surface area (Å²) in [5, 5.41) is 1.64. The minimum Gasteiger partial charge on any atom is -0.383 e. The molecular formula is C17H18ClN5. The van der Waals surface area contributed by atoms with Gasteiger partial charge in [-0.3, -0.25) is 0 Å². The molecule has 1 fully saturated rings. The highest BCUT2D eigenvalue weighted by molar-refractivity contribution is 6.30. The van der Waals surface area contributed by atoms with Gasteiger partial charge in [-0.2, -0.15) is 0 Å². The molecule has 3 aromatic rings. The maximum absolute atomic E-state index is 6.16. The molecule has 3 heterocycles. The Bertz CT molecular complexity index is 855.